The summed E-state index contributed by atoms with van der Waals surface area (Å²) in [5, 5.41) is 11.2. The monoisotopic (exact) mass is 102 g/mol. The topological polar surface area (TPSA) is 44.6 Å². The van der Waals surface area contributed by atoms with Gasteiger partial charge in [0.25, 0.3) is 0 Å². The van der Waals surface area contributed by atoms with Crippen molar-refractivity contribution < 1.29 is 5.21 Å². The Labute approximate surface area is 43.0 Å². The van der Waals surface area contributed by atoms with E-state index in [0.717, 1.165) is 0 Å². The highest BCUT2D eigenvalue weighted by molar-refractivity contribution is 5.58. The second kappa shape index (κ2) is 3.61. The Balaban J connectivity index is 3.08. The molecule has 0 saturated carbocycles. The molecule has 0 radical (unpaired) electrons. The summed E-state index contributed by atoms with van der Waals surface area (Å²) < 4.78 is 0. The molecule has 0 unspecified atom stereocenters. The maximum absolute atomic E-state index is 7.87. The number of nitrogens with zero attached hydrogens (tertiary/aromatic N) is 1. The summed E-state index contributed by atoms with van der Waals surface area (Å²) >= 11 is 0. The molecule has 0 rings (SSSR count). The summed E-state index contributed by atoms with van der Waals surface area (Å²) in [6, 6.07) is 0. The molecule has 0 aliphatic carbocycles. The summed E-state index contributed by atoms with van der Waals surface area (Å²) in [5.41, 5.74) is 1.67. The number of rotatable bonds is 2. The van der Waals surface area contributed by atoms with Crippen molar-refractivity contribution in [3.63, 3.8) is 0 Å². The van der Waals surface area contributed by atoms with Gasteiger partial charge in [0, 0.05) is 6.21 Å². The normalized spacial score (nSPS) is 10.9. The van der Waals surface area contributed by atoms with Gasteiger partial charge in [-0.1, -0.05) is 13.8 Å². The number of hydrogen-bond acceptors (Lipinski definition) is 3. The summed E-state index contributed by atoms with van der Waals surface area (Å²) in [6.45, 7) is 3.95. The zero-order valence-electron chi connectivity index (χ0n) is 4.55. The van der Waals surface area contributed by atoms with Crippen LogP contribution in [0.1, 0.15) is 13.8 Å². The van der Waals surface area contributed by atoms with Crippen LogP contribution >= 0.6 is 0 Å². The Bertz CT molecular complexity index is 60.7. The Kier molecular flexibility index (Phi) is 3.32. The van der Waals surface area contributed by atoms with Gasteiger partial charge >= 0.3 is 0 Å². The molecular formula is C4H10N2O. The molecule has 3 nitrogen and oxygen atoms in total. The Hall–Kier alpha value is -0.570. The van der Waals surface area contributed by atoms with Crippen molar-refractivity contribution in [3.8, 4) is 0 Å². The summed E-state index contributed by atoms with van der Waals surface area (Å²) in [5.74, 6) is 0.389. The van der Waals surface area contributed by atoms with Crippen molar-refractivity contribution in [1.29, 1.82) is 0 Å². The third-order valence-corrected chi connectivity index (χ3v) is 0.430. The van der Waals surface area contributed by atoms with Crippen LogP contribution < -0.4 is 5.59 Å². The molecule has 0 saturated heterocycles. The zero-order valence-corrected chi connectivity index (χ0v) is 4.55. The quantitative estimate of drug-likeness (QED) is 0.396. The van der Waals surface area contributed by atoms with E-state index < -0.39 is 0 Å². The highest BCUT2D eigenvalue weighted by Gasteiger charge is 1.80. The van der Waals surface area contributed by atoms with Gasteiger partial charge in [0.05, 0.1) is 0 Å². The van der Waals surface area contributed by atoms with Crippen molar-refractivity contribution in [2.75, 3.05) is 0 Å². The molecule has 0 aliphatic heterocycles. The van der Waals surface area contributed by atoms with Gasteiger partial charge in [0.1, 0.15) is 0 Å². The van der Waals surface area contributed by atoms with Crippen LogP contribution in [0.4, 0.5) is 0 Å². The lowest BCUT2D eigenvalue weighted by Gasteiger charge is -1.88. The molecule has 2 N–H and O–H groups in total. The lowest BCUT2D eigenvalue weighted by molar-refractivity contribution is 0.172. The fraction of sp³-hybridized carbons (Fsp3) is 0.750. The van der Waals surface area contributed by atoms with Crippen molar-refractivity contribution in [2.45, 2.75) is 13.8 Å². The van der Waals surface area contributed by atoms with Gasteiger partial charge in [0.15, 0.2) is 0 Å². The predicted octanol–water partition coefficient (Wildman–Crippen LogP) is 0.607. The first-order chi connectivity index (χ1) is 3.27. The van der Waals surface area contributed by atoms with Crippen LogP contribution in [0.15, 0.2) is 5.10 Å². The van der Waals surface area contributed by atoms with E-state index in [4.69, 9.17) is 5.21 Å². The molecule has 0 aromatic rings. The van der Waals surface area contributed by atoms with Crippen LogP contribution in [0.2, 0.25) is 0 Å². The molecule has 0 amide bonds. The molecule has 42 valence electrons. The van der Waals surface area contributed by atoms with Gasteiger partial charge in [0.2, 0.25) is 0 Å². The van der Waals surface area contributed by atoms with E-state index in [1.54, 1.807) is 11.8 Å². The second-order valence-electron chi connectivity index (χ2n) is 1.62. The molecule has 0 fully saturated rings. The summed E-state index contributed by atoms with van der Waals surface area (Å²) in [4.78, 5) is 0. The minimum absolute atomic E-state index is 0.389. The van der Waals surface area contributed by atoms with Crippen molar-refractivity contribution >= 4 is 6.21 Å². The van der Waals surface area contributed by atoms with E-state index >= 15 is 0 Å². The third-order valence-electron chi connectivity index (χ3n) is 0.430. The Morgan fingerprint density at radius 2 is 2.29 bits per heavy atom. The van der Waals surface area contributed by atoms with E-state index in [2.05, 4.69) is 5.10 Å². The minimum atomic E-state index is 0.389. The van der Waals surface area contributed by atoms with Gasteiger partial charge in [-0.15, -0.1) is 0 Å². The largest absolute Gasteiger partial charge is 0.274 e. The lowest BCUT2D eigenvalue weighted by atomic mass is 10.3. The van der Waals surface area contributed by atoms with Crippen molar-refractivity contribution in [3.05, 3.63) is 0 Å². The second-order valence-corrected chi connectivity index (χ2v) is 1.62. The standard InChI is InChI=1S/C4H10N2O/c1-4(2)3-5-6-7/h3-4,6-7H,1-2H3/b5-3+. The van der Waals surface area contributed by atoms with Crippen LogP contribution in [0.5, 0.6) is 0 Å². The molecule has 7 heavy (non-hydrogen) atoms. The lowest BCUT2D eigenvalue weighted by Crippen LogP contribution is -1.98. The highest BCUT2D eigenvalue weighted by atomic mass is 16.5. The predicted molar refractivity (Wildman–Crippen MR) is 28.3 cm³/mol. The van der Waals surface area contributed by atoms with Crippen LogP contribution in [0.3, 0.4) is 0 Å². The fourth-order valence-electron chi connectivity index (χ4n) is 0.182. The molecule has 0 bridgehead atoms. The molecule has 0 heterocycles. The SMILES string of the molecule is CC(C)/C=N/NO. The fourth-order valence-corrected chi connectivity index (χ4v) is 0.182. The third kappa shape index (κ3) is 5.43. The van der Waals surface area contributed by atoms with Crippen LogP contribution in [-0.4, -0.2) is 11.4 Å². The Morgan fingerprint density at radius 3 is 2.43 bits per heavy atom. The zero-order chi connectivity index (χ0) is 5.70. The molecule has 0 aromatic heterocycles. The van der Waals surface area contributed by atoms with Gasteiger partial charge in [-0.3, -0.25) is 5.21 Å². The van der Waals surface area contributed by atoms with Crippen LogP contribution in [0.25, 0.3) is 0 Å². The minimum Gasteiger partial charge on any atom is -0.274 e. The summed E-state index contributed by atoms with van der Waals surface area (Å²) in [6.07, 6.45) is 1.61. The van der Waals surface area contributed by atoms with Crippen LogP contribution in [-0.2, 0) is 0 Å². The van der Waals surface area contributed by atoms with Crippen molar-refractivity contribution in [1.82, 2.24) is 5.59 Å². The van der Waals surface area contributed by atoms with Gasteiger partial charge in [-0.25, -0.2) is 0 Å². The molecule has 0 atom stereocenters. The first-order valence-electron chi connectivity index (χ1n) is 2.19. The van der Waals surface area contributed by atoms with Gasteiger partial charge in [-0.05, 0) is 5.92 Å². The van der Waals surface area contributed by atoms with E-state index in [1.807, 2.05) is 13.8 Å². The smallest absolute Gasteiger partial charge is 0.0293 e. The maximum Gasteiger partial charge on any atom is 0.0293 e. The molecule has 0 aromatic carbocycles. The van der Waals surface area contributed by atoms with Gasteiger partial charge in [-0.2, -0.15) is 10.7 Å². The molecule has 0 aliphatic rings. The first kappa shape index (κ1) is 6.43. The number of nitrogens with one attached hydrogen (secondary N) is 1. The maximum atomic E-state index is 7.87. The van der Waals surface area contributed by atoms with E-state index in [0.29, 0.717) is 5.92 Å². The summed E-state index contributed by atoms with van der Waals surface area (Å²) in [7, 11) is 0. The average Bonchev–Trinajstić information content (AvgIpc) is 1.61. The first-order valence-corrected chi connectivity index (χ1v) is 2.19. The molecular weight excluding hydrogens is 92.1 g/mol. The average molecular weight is 102 g/mol. The molecule has 0 spiro atoms. The van der Waals surface area contributed by atoms with Crippen LogP contribution in [0, 0.1) is 5.92 Å². The Morgan fingerprint density at radius 1 is 1.71 bits per heavy atom. The van der Waals surface area contributed by atoms with Crippen molar-refractivity contribution in [2.24, 2.45) is 11.0 Å². The van der Waals surface area contributed by atoms with E-state index in [1.165, 1.54) is 0 Å². The van der Waals surface area contributed by atoms with Gasteiger partial charge < -0.3 is 0 Å². The molecule has 3 heteroatoms. The highest BCUT2D eigenvalue weighted by Crippen LogP contribution is 1.81. The number of hydrogen-bond donors (Lipinski definition) is 2. The number of hydrazone groups is 1. The van der Waals surface area contributed by atoms with E-state index in [9.17, 15) is 0 Å². The van der Waals surface area contributed by atoms with E-state index in [-0.39, 0.29) is 0 Å².